The van der Waals surface area contributed by atoms with Crippen molar-refractivity contribution < 1.29 is 9.90 Å². The lowest BCUT2D eigenvalue weighted by molar-refractivity contribution is -0.131. The Kier molecular flexibility index (Phi) is 6.19. The Balaban J connectivity index is 2.29. The molecule has 2 heteroatoms. The molecule has 0 saturated carbocycles. The maximum atomic E-state index is 10.7. The monoisotopic (exact) mass is 336 g/mol. The lowest BCUT2D eigenvalue weighted by Gasteiger charge is -2.33. The number of carbonyl (C=O) groups is 1. The largest absolute Gasteiger partial charge is 0.478 e. The summed E-state index contributed by atoms with van der Waals surface area (Å²) < 4.78 is 0. The summed E-state index contributed by atoms with van der Waals surface area (Å²) in [6, 6.07) is 8.18. The zero-order chi connectivity index (χ0) is 18.4. The quantitative estimate of drug-likeness (QED) is 0.508. The Labute approximate surface area is 151 Å². The van der Waals surface area contributed by atoms with Gasteiger partial charge in [0.1, 0.15) is 0 Å². The normalized spacial score (nSPS) is 18.3. The predicted octanol–water partition coefficient (Wildman–Crippen LogP) is 6.27. The van der Waals surface area contributed by atoms with Gasteiger partial charge in [0.2, 0.25) is 0 Å². The molecule has 0 aromatic heterocycles. The molecule has 25 heavy (non-hydrogen) atoms. The van der Waals surface area contributed by atoms with E-state index >= 15 is 0 Å². The number of hydrogen-bond acceptors (Lipinski definition) is 1. The minimum atomic E-state index is -0.919. The first-order valence-electron chi connectivity index (χ1n) is 8.86. The number of benzene rings is 1. The fourth-order valence-corrected chi connectivity index (χ4v) is 3.46. The summed E-state index contributed by atoms with van der Waals surface area (Å²) >= 11 is 0. The van der Waals surface area contributed by atoms with Gasteiger partial charge in [-0.25, -0.2) is 4.79 Å². The molecule has 0 radical (unpaired) electrons. The molecule has 0 spiro atoms. The Morgan fingerprint density at radius 3 is 2.36 bits per heavy atom. The van der Waals surface area contributed by atoms with Crippen molar-refractivity contribution >= 4 is 18.1 Å². The van der Waals surface area contributed by atoms with Gasteiger partial charge in [0.05, 0.1) is 0 Å². The van der Waals surface area contributed by atoms with E-state index in [0.29, 0.717) is 0 Å². The van der Waals surface area contributed by atoms with Gasteiger partial charge in [-0.15, -0.1) is 0 Å². The van der Waals surface area contributed by atoms with Gasteiger partial charge in [-0.05, 0) is 60.8 Å². The minimum absolute atomic E-state index is 0.227. The molecule has 0 fully saturated rings. The van der Waals surface area contributed by atoms with Gasteiger partial charge >= 0.3 is 5.97 Å². The van der Waals surface area contributed by atoms with E-state index in [1.807, 2.05) is 24.3 Å². The standard InChI is InChI=1S/C23H28O2/c1-17(16-22(24)25)11-12-19-9-5-6-10-20(19)13-14-21-18(2)8-7-15-23(21,3)4/h5-6,9-14,16H,7-8,15H2,1-4H3,(H,24,25)/b12-11+,14-13?,17-16+. The summed E-state index contributed by atoms with van der Waals surface area (Å²) in [7, 11) is 0. The van der Waals surface area contributed by atoms with Crippen molar-refractivity contribution in [2.24, 2.45) is 5.41 Å². The van der Waals surface area contributed by atoms with Crippen LogP contribution in [0.25, 0.3) is 12.2 Å². The van der Waals surface area contributed by atoms with Crippen molar-refractivity contribution in [3.8, 4) is 0 Å². The van der Waals surface area contributed by atoms with E-state index in [2.05, 4.69) is 45.1 Å². The predicted molar refractivity (Wildman–Crippen MR) is 106 cm³/mol. The molecule has 1 aromatic rings. The van der Waals surface area contributed by atoms with Gasteiger partial charge in [0.15, 0.2) is 0 Å². The average Bonchev–Trinajstić information content (AvgIpc) is 2.52. The second kappa shape index (κ2) is 8.15. The number of hydrogen-bond donors (Lipinski definition) is 1. The molecule has 1 aromatic carbocycles. The lowest BCUT2D eigenvalue weighted by atomic mass is 9.72. The van der Waals surface area contributed by atoms with E-state index in [0.717, 1.165) is 16.7 Å². The van der Waals surface area contributed by atoms with Crippen LogP contribution in [0.2, 0.25) is 0 Å². The third kappa shape index (κ3) is 5.32. The fraction of sp³-hybridized carbons (Fsp3) is 0.348. The molecule has 2 rings (SSSR count). The highest BCUT2D eigenvalue weighted by Gasteiger charge is 2.26. The van der Waals surface area contributed by atoms with E-state index in [9.17, 15) is 4.79 Å². The van der Waals surface area contributed by atoms with Crippen molar-refractivity contribution in [2.75, 3.05) is 0 Å². The minimum Gasteiger partial charge on any atom is -0.478 e. The van der Waals surface area contributed by atoms with Gasteiger partial charge in [0.25, 0.3) is 0 Å². The van der Waals surface area contributed by atoms with Crippen molar-refractivity contribution in [3.63, 3.8) is 0 Å². The van der Waals surface area contributed by atoms with Crippen LogP contribution in [0.5, 0.6) is 0 Å². The highest BCUT2D eigenvalue weighted by molar-refractivity contribution is 5.81. The molecule has 1 aliphatic rings. The molecule has 0 heterocycles. The van der Waals surface area contributed by atoms with Gasteiger partial charge in [-0.1, -0.05) is 68.0 Å². The Morgan fingerprint density at radius 1 is 1.12 bits per heavy atom. The van der Waals surface area contributed by atoms with Crippen LogP contribution >= 0.6 is 0 Å². The summed E-state index contributed by atoms with van der Waals surface area (Å²) in [5.74, 6) is -0.919. The Bertz CT molecular complexity index is 758. The summed E-state index contributed by atoms with van der Waals surface area (Å²) in [4.78, 5) is 10.7. The van der Waals surface area contributed by atoms with E-state index in [1.165, 1.54) is 36.5 Å². The molecule has 0 atom stereocenters. The van der Waals surface area contributed by atoms with Crippen LogP contribution in [0.4, 0.5) is 0 Å². The second-order valence-electron chi connectivity index (χ2n) is 7.45. The van der Waals surface area contributed by atoms with Gasteiger partial charge < -0.3 is 5.11 Å². The lowest BCUT2D eigenvalue weighted by Crippen LogP contribution is -2.18. The van der Waals surface area contributed by atoms with Crippen LogP contribution in [0, 0.1) is 5.41 Å². The molecule has 1 aliphatic carbocycles. The van der Waals surface area contributed by atoms with E-state index in [4.69, 9.17) is 5.11 Å². The van der Waals surface area contributed by atoms with Crippen molar-refractivity contribution in [2.45, 2.75) is 47.0 Å². The summed E-state index contributed by atoms with van der Waals surface area (Å²) in [5.41, 5.74) is 6.11. The molecule has 1 N–H and O–H groups in total. The smallest absolute Gasteiger partial charge is 0.328 e. The average molecular weight is 336 g/mol. The molecule has 0 amide bonds. The zero-order valence-corrected chi connectivity index (χ0v) is 15.7. The second-order valence-corrected chi connectivity index (χ2v) is 7.45. The molecule has 0 saturated heterocycles. The molecular weight excluding hydrogens is 308 g/mol. The zero-order valence-electron chi connectivity index (χ0n) is 15.7. The number of allylic oxidation sites excluding steroid dienone is 5. The molecule has 0 aliphatic heterocycles. The highest BCUT2D eigenvalue weighted by Crippen LogP contribution is 2.41. The Morgan fingerprint density at radius 2 is 1.76 bits per heavy atom. The third-order valence-electron chi connectivity index (χ3n) is 4.84. The maximum absolute atomic E-state index is 10.7. The highest BCUT2D eigenvalue weighted by atomic mass is 16.4. The van der Waals surface area contributed by atoms with Crippen LogP contribution in [0.3, 0.4) is 0 Å². The van der Waals surface area contributed by atoms with Crippen LogP contribution in [0.15, 0.2) is 59.2 Å². The molecule has 0 unspecified atom stereocenters. The van der Waals surface area contributed by atoms with E-state index < -0.39 is 5.97 Å². The van der Waals surface area contributed by atoms with Crippen molar-refractivity contribution in [3.05, 3.63) is 70.3 Å². The first-order valence-corrected chi connectivity index (χ1v) is 8.86. The number of rotatable bonds is 5. The van der Waals surface area contributed by atoms with Gasteiger partial charge in [0, 0.05) is 6.08 Å². The molecule has 0 bridgehead atoms. The van der Waals surface area contributed by atoms with Gasteiger partial charge in [-0.3, -0.25) is 0 Å². The molecule has 2 nitrogen and oxygen atoms in total. The summed E-state index contributed by atoms with van der Waals surface area (Å²) in [5, 5.41) is 8.81. The maximum Gasteiger partial charge on any atom is 0.328 e. The topological polar surface area (TPSA) is 37.3 Å². The number of carboxylic acids is 1. The first-order chi connectivity index (χ1) is 11.8. The first kappa shape index (κ1) is 19.0. The summed E-state index contributed by atoms with van der Waals surface area (Å²) in [6.07, 6.45) is 13.2. The van der Waals surface area contributed by atoms with Crippen LogP contribution in [-0.2, 0) is 4.79 Å². The van der Waals surface area contributed by atoms with Crippen molar-refractivity contribution in [1.82, 2.24) is 0 Å². The van der Waals surface area contributed by atoms with E-state index in [1.54, 1.807) is 6.92 Å². The van der Waals surface area contributed by atoms with Crippen LogP contribution < -0.4 is 0 Å². The summed E-state index contributed by atoms with van der Waals surface area (Å²) in [6.45, 7) is 8.68. The van der Waals surface area contributed by atoms with Gasteiger partial charge in [-0.2, -0.15) is 0 Å². The SMILES string of the molecule is CC1=C(C=Cc2ccccc2/C=C/C(C)=C/C(=O)O)C(C)(C)CCC1. The number of aliphatic carboxylic acids is 1. The van der Waals surface area contributed by atoms with E-state index in [-0.39, 0.29) is 5.41 Å². The number of carboxylic acid groups (broad SMARTS) is 1. The molecule has 132 valence electrons. The molecular formula is C23H28O2. The third-order valence-corrected chi connectivity index (χ3v) is 4.84. The van der Waals surface area contributed by atoms with Crippen LogP contribution in [-0.4, -0.2) is 11.1 Å². The van der Waals surface area contributed by atoms with Crippen molar-refractivity contribution in [1.29, 1.82) is 0 Å². The fourth-order valence-electron chi connectivity index (χ4n) is 3.46. The Hall–Kier alpha value is -2.35. The van der Waals surface area contributed by atoms with Crippen LogP contribution in [0.1, 0.15) is 58.1 Å².